The number of carbonyl (C=O) groups excluding carboxylic acids is 1. The molecule has 2 aliphatic rings. The summed E-state index contributed by atoms with van der Waals surface area (Å²) in [6, 6.07) is 19.3. The van der Waals surface area contributed by atoms with Crippen LogP contribution in [-0.4, -0.2) is 59.9 Å². The Hall–Kier alpha value is -3.59. The number of carbonyl (C=O) groups is 1. The topological polar surface area (TPSA) is 86.2 Å². The number of rotatable bonds is 13. The van der Waals surface area contributed by atoms with E-state index in [0.717, 1.165) is 65.9 Å². The van der Waals surface area contributed by atoms with E-state index >= 15 is 0 Å². The minimum Gasteiger partial charge on any atom is -0.497 e. The molecule has 2 unspecified atom stereocenters. The average Bonchev–Trinajstić information content (AvgIpc) is 3.41. The van der Waals surface area contributed by atoms with Crippen LogP contribution >= 0.6 is 0 Å². The van der Waals surface area contributed by atoms with E-state index in [1.165, 1.54) is 5.57 Å². The van der Waals surface area contributed by atoms with E-state index < -0.39 is 19.8 Å². The summed E-state index contributed by atoms with van der Waals surface area (Å²) >= 11 is 0. The van der Waals surface area contributed by atoms with Gasteiger partial charge in [0.2, 0.25) is 5.91 Å². The summed E-state index contributed by atoms with van der Waals surface area (Å²) in [6.07, 6.45) is 7.27. The minimum atomic E-state index is -1.75. The smallest absolute Gasteiger partial charge is 0.224 e. The van der Waals surface area contributed by atoms with Gasteiger partial charge in [0.05, 0.1) is 39.8 Å². The van der Waals surface area contributed by atoms with Crippen LogP contribution in [0.1, 0.15) is 74.3 Å². The Morgan fingerprint density at radius 2 is 1.71 bits per heavy atom. The molecule has 0 saturated heterocycles. The molecule has 0 radical (unpaired) electrons. The first-order valence-electron chi connectivity index (χ1n) is 17.6. The first-order valence-corrected chi connectivity index (χ1v) is 20.5. The molecule has 3 atom stereocenters. The first-order chi connectivity index (χ1) is 23.4. The van der Waals surface area contributed by atoms with Crippen LogP contribution < -0.4 is 19.5 Å². The van der Waals surface area contributed by atoms with Gasteiger partial charge in [-0.05, 0) is 114 Å². The van der Waals surface area contributed by atoms with Gasteiger partial charge in [0.25, 0.3) is 0 Å². The fourth-order valence-corrected chi connectivity index (χ4v) is 8.42. The Kier molecular flexibility index (Phi) is 11.3. The lowest BCUT2D eigenvalue weighted by molar-refractivity contribution is -0.121. The van der Waals surface area contributed by atoms with Crippen LogP contribution in [0, 0.1) is 5.92 Å². The van der Waals surface area contributed by atoms with Crippen LogP contribution in [0.2, 0.25) is 18.1 Å². The number of allylic oxidation sites excluding steroid dienone is 2. The Morgan fingerprint density at radius 3 is 2.37 bits per heavy atom. The van der Waals surface area contributed by atoms with Gasteiger partial charge in [0.1, 0.15) is 17.2 Å². The summed E-state index contributed by atoms with van der Waals surface area (Å²) in [5, 5.41) is 14.8. The third-order valence-electron chi connectivity index (χ3n) is 11.3. The van der Waals surface area contributed by atoms with Gasteiger partial charge in [0, 0.05) is 18.2 Å². The van der Waals surface area contributed by atoms with Crippen molar-refractivity contribution in [2.75, 3.05) is 34.5 Å². The molecule has 0 aromatic heterocycles. The summed E-state index contributed by atoms with van der Waals surface area (Å²) in [5.74, 6) is 2.59. The number of hydrogen-bond acceptors (Lipinski definition) is 6. The van der Waals surface area contributed by atoms with E-state index in [1.54, 1.807) is 21.3 Å². The van der Waals surface area contributed by atoms with Gasteiger partial charge in [-0.3, -0.25) is 4.79 Å². The lowest BCUT2D eigenvalue weighted by atomic mass is 9.72. The number of benzene rings is 3. The van der Waals surface area contributed by atoms with Crippen molar-refractivity contribution >= 4 is 19.8 Å². The average molecular weight is 686 g/mol. The van der Waals surface area contributed by atoms with Crippen LogP contribution in [0.15, 0.2) is 66.7 Å². The standard InChI is InChI=1S/C41H55NO6Si/c1-40(2,3)49(7,8)48-22-21-28-15-17-29(18-16-28)35-20-19-34(46-5)23-31(35)25-38(44)42-37-24-30-11-9-14-36(47-6)39(30)41(37,27-43)32-12-10-13-33(26-32)45-4/h9-14,17,19-20,23,26,28,37,43H,15-16,18,21-22,24-25,27H2,1-8H3,(H,42,44)/t28?,37-,41?/m0/s1. The number of aliphatic hydroxyl groups excluding tert-OH is 1. The zero-order valence-electron chi connectivity index (χ0n) is 30.7. The predicted molar refractivity (Wildman–Crippen MR) is 199 cm³/mol. The highest BCUT2D eigenvalue weighted by Gasteiger charge is 2.50. The largest absolute Gasteiger partial charge is 0.497 e. The zero-order chi connectivity index (χ0) is 35.4. The van der Waals surface area contributed by atoms with Gasteiger partial charge >= 0.3 is 0 Å². The summed E-state index contributed by atoms with van der Waals surface area (Å²) in [4.78, 5) is 14.1. The van der Waals surface area contributed by atoms with Crippen molar-refractivity contribution in [3.8, 4) is 17.2 Å². The zero-order valence-corrected chi connectivity index (χ0v) is 31.7. The third kappa shape index (κ3) is 7.61. The monoisotopic (exact) mass is 685 g/mol. The maximum Gasteiger partial charge on any atom is 0.224 e. The molecule has 3 aromatic rings. The third-order valence-corrected chi connectivity index (χ3v) is 15.8. The second-order valence-electron chi connectivity index (χ2n) is 15.1. The molecule has 0 heterocycles. The maximum atomic E-state index is 14.1. The Bertz CT molecular complexity index is 1660. The van der Waals surface area contributed by atoms with Gasteiger partial charge in [-0.25, -0.2) is 0 Å². The lowest BCUT2D eigenvalue weighted by Crippen LogP contribution is -2.51. The highest BCUT2D eigenvalue weighted by molar-refractivity contribution is 6.74. The van der Waals surface area contributed by atoms with Crippen molar-refractivity contribution in [2.45, 2.75) is 88.9 Å². The van der Waals surface area contributed by atoms with Crippen LogP contribution in [0.5, 0.6) is 17.2 Å². The van der Waals surface area contributed by atoms with Crippen LogP contribution in [0.25, 0.3) is 5.57 Å². The van der Waals surface area contributed by atoms with Crippen molar-refractivity contribution in [3.63, 3.8) is 0 Å². The van der Waals surface area contributed by atoms with Crippen LogP contribution in [0.3, 0.4) is 0 Å². The molecule has 3 aromatic carbocycles. The van der Waals surface area contributed by atoms with Crippen molar-refractivity contribution in [2.24, 2.45) is 5.92 Å². The molecule has 264 valence electrons. The molecule has 2 aliphatic carbocycles. The first kappa shape index (κ1) is 36.7. The van der Waals surface area contributed by atoms with E-state index in [2.05, 4.69) is 57.4 Å². The fourth-order valence-electron chi connectivity index (χ4n) is 7.36. The molecule has 5 rings (SSSR count). The molecule has 0 spiro atoms. The molecular formula is C41H55NO6Si. The number of hydrogen-bond donors (Lipinski definition) is 2. The number of methoxy groups -OCH3 is 3. The van der Waals surface area contributed by atoms with E-state index in [1.807, 2.05) is 48.5 Å². The van der Waals surface area contributed by atoms with Crippen molar-refractivity contribution in [1.29, 1.82) is 0 Å². The van der Waals surface area contributed by atoms with E-state index in [4.69, 9.17) is 18.6 Å². The minimum absolute atomic E-state index is 0.107. The van der Waals surface area contributed by atoms with Crippen LogP contribution in [0.4, 0.5) is 0 Å². The Labute approximate surface area is 294 Å². The summed E-state index contributed by atoms with van der Waals surface area (Å²) < 4.78 is 23.5. The van der Waals surface area contributed by atoms with Crippen molar-refractivity contribution in [3.05, 3.63) is 94.6 Å². The van der Waals surface area contributed by atoms with Gasteiger partial charge in [-0.2, -0.15) is 0 Å². The number of amides is 1. The highest BCUT2D eigenvalue weighted by atomic mass is 28.4. The van der Waals surface area contributed by atoms with E-state index in [9.17, 15) is 9.90 Å². The molecule has 0 fully saturated rings. The van der Waals surface area contributed by atoms with Gasteiger partial charge in [-0.15, -0.1) is 0 Å². The molecule has 49 heavy (non-hydrogen) atoms. The van der Waals surface area contributed by atoms with E-state index in [-0.39, 0.29) is 24.0 Å². The molecule has 0 saturated carbocycles. The van der Waals surface area contributed by atoms with E-state index in [0.29, 0.717) is 23.8 Å². The maximum absolute atomic E-state index is 14.1. The number of ether oxygens (including phenoxy) is 3. The van der Waals surface area contributed by atoms with Gasteiger partial charge < -0.3 is 29.1 Å². The Morgan fingerprint density at radius 1 is 0.980 bits per heavy atom. The summed E-state index contributed by atoms with van der Waals surface area (Å²) in [5.41, 5.74) is 5.21. The molecular weight excluding hydrogens is 631 g/mol. The van der Waals surface area contributed by atoms with Crippen LogP contribution in [-0.2, 0) is 27.5 Å². The summed E-state index contributed by atoms with van der Waals surface area (Å²) in [6.45, 7) is 12.1. The quantitative estimate of drug-likeness (QED) is 0.178. The van der Waals surface area contributed by atoms with Crippen molar-refractivity contribution in [1.82, 2.24) is 5.32 Å². The predicted octanol–water partition coefficient (Wildman–Crippen LogP) is 7.87. The molecule has 0 bridgehead atoms. The molecule has 7 nitrogen and oxygen atoms in total. The normalized spacial score (nSPS) is 20.7. The van der Waals surface area contributed by atoms with Crippen molar-refractivity contribution < 1.29 is 28.5 Å². The summed E-state index contributed by atoms with van der Waals surface area (Å²) in [7, 11) is 3.18. The number of nitrogens with one attached hydrogen (secondary N) is 1. The van der Waals surface area contributed by atoms with Gasteiger partial charge in [-0.1, -0.05) is 57.2 Å². The lowest BCUT2D eigenvalue weighted by Gasteiger charge is -2.37. The molecule has 8 heteroatoms. The fraction of sp³-hybridized carbons (Fsp3) is 0.488. The SMILES string of the molecule is COc1cccc(C2(CO)c3c(cccc3OC)C[C@@H]2NC(=O)Cc2cc(OC)ccc2C2=CCC(CCO[Si](C)(C)C(C)(C)C)CC2)c1. The second kappa shape index (κ2) is 15.1. The highest BCUT2D eigenvalue weighted by Crippen LogP contribution is 2.49. The number of aliphatic hydroxyl groups is 1. The molecule has 1 amide bonds. The Balaban J connectivity index is 1.36. The molecule has 0 aliphatic heterocycles. The second-order valence-corrected chi connectivity index (χ2v) is 20.0. The van der Waals surface area contributed by atoms with Gasteiger partial charge in [0.15, 0.2) is 8.32 Å². The molecule has 2 N–H and O–H groups in total. The number of fused-ring (bicyclic) bond motifs is 1.